The van der Waals surface area contributed by atoms with Crippen LogP contribution in [0.15, 0.2) is 71.9 Å². The maximum absolute atomic E-state index is 13.3. The first-order valence-corrected chi connectivity index (χ1v) is 10.4. The molecule has 1 heterocycles. The first-order valence-electron chi connectivity index (χ1n) is 10.4. The van der Waals surface area contributed by atoms with Gasteiger partial charge in [0.05, 0.1) is 22.3 Å². The summed E-state index contributed by atoms with van der Waals surface area (Å²) >= 11 is 0. The molecule has 1 atom stereocenters. The molecule has 0 aromatic heterocycles. The molecule has 1 aliphatic heterocycles. The largest absolute Gasteiger partial charge is 0.372 e. The number of benzene rings is 3. The van der Waals surface area contributed by atoms with E-state index in [0.29, 0.717) is 12.0 Å². The van der Waals surface area contributed by atoms with Gasteiger partial charge in [-0.05, 0) is 52.4 Å². The Morgan fingerprint density at radius 3 is 2.26 bits per heavy atom. The van der Waals surface area contributed by atoms with Gasteiger partial charge in [-0.3, -0.25) is 14.9 Å². The van der Waals surface area contributed by atoms with Crippen LogP contribution >= 0.6 is 0 Å². The van der Waals surface area contributed by atoms with E-state index in [1.165, 1.54) is 12.1 Å². The quantitative estimate of drug-likeness (QED) is 0.399. The second kappa shape index (κ2) is 6.94. The average molecular weight is 413 g/mol. The average Bonchev–Trinajstić information content (AvgIpc) is 2.87. The molecule has 6 nitrogen and oxygen atoms in total. The number of nitro groups is 1. The molecular weight excluding hydrogens is 390 g/mol. The zero-order valence-corrected chi connectivity index (χ0v) is 17.4. The highest BCUT2D eigenvalue weighted by Crippen LogP contribution is 2.46. The summed E-state index contributed by atoms with van der Waals surface area (Å²) in [6.45, 7) is 4.22. The van der Waals surface area contributed by atoms with Crippen LogP contribution in [0.4, 0.5) is 17.1 Å². The molecule has 0 bridgehead atoms. The predicted molar refractivity (Wildman–Crippen MR) is 122 cm³/mol. The Kier molecular flexibility index (Phi) is 4.32. The van der Waals surface area contributed by atoms with Crippen molar-refractivity contribution in [2.45, 2.75) is 32.7 Å². The fourth-order valence-electron chi connectivity index (χ4n) is 4.67. The van der Waals surface area contributed by atoms with E-state index in [1.807, 2.05) is 12.1 Å². The molecule has 3 aromatic carbocycles. The zero-order valence-electron chi connectivity index (χ0n) is 17.4. The summed E-state index contributed by atoms with van der Waals surface area (Å²) in [5.74, 6) is 0.104. The van der Waals surface area contributed by atoms with E-state index in [1.54, 1.807) is 12.1 Å². The van der Waals surface area contributed by atoms with Gasteiger partial charge in [0, 0.05) is 29.8 Å². The van der Waals surface area contributed by atoms with Crippen molar-refractivity contribution in [1.29, 1.82) is 0 Å². The van der Waals surface area contributed by atoms with E-state index >= 15 is 0 Å². The second-order valence-corrected chi connectivity index (χ2v) is 9.13. The van der Waals surface area contributed by atoms with Gasteiger partial charge in [-0.2, -0.15) is 0 Å². The molecule has 3 aromatic rings. The van der Waals surface area contributed by atoms with E-state index in [-0.39, 0.29) is 22.9 Å². The van der Waals surface area contributed by atoms with E-state index in [0.717, 1.165) is 39.8 Å². The third kappa shape index (κ3) is 3.44. The van der Waals surface area contributed by atoms with E-state index in [9.17, 15) is 14.9 Å². The Hall–Kier alpha value is -3.67. The lowest BCUT2D eigenvalue weighted by Crippen LogP contribution is -2.31. The number of carbonyl (C=O) groups excluding carboxylic acids is 1. The summed E-state index contributed by atoms with van der Waals surface area (Å²) in [4.78, 5) is 24.0. The summed E-state index contributed by atoms with van der Waals surface area (Å²) in [5, 5.41) is 20.4. The number of fused-ring (bicyclic) bond motifs is 2. The number of Topliss-reactive ketones (excluding diaryl/α,β-unsaturated/α-hetero) is 1. The summed E-state index contributed by atoms with van der Waals surface area (Å²) < 4.78 is 0. The Labute approximate surface area is 180 Å². The van der Waals surface area contributed by atoms with Gasteiger partial charge in [0.1, 0.15) is 0 Å². The van der Waals surface area contributed by atoms with Gasteiger partial charge >= 0.3 is 0 Å². The lowest BCUT2D eigenvalue weighted by Gasteiger charge is -2.34. The van der Waals surface area contributed by atoms with Crippen LogP contribution in [0.25, 0.3) is 10.8 Å². The van der Waals surface area contributed by atoms with Crippen molar-refractivity contribution >= 4 is 33.6 Å². The number of carbonyl (C=O) groups is 1. The third-order valence-electron chi connectivity index (χ3n) is 6.12. The van der Waals surface area contributed by atoms with Crippen LogP contribution in [0.2, 0.25) is 0 Å². The zero-order chi connectivity index (χ0) is 21.8. The Balaban J connectivity index is 1.68. The Bertz CT molecular complexity index is 1260. The molecular formula is C25H23N3O3. The van der Waals surface area contributed by atoms with Crippen molar-refractivity contribution in [2.24, 2.45) is 5.41 Å². The minimum absolute atomic E-state index is 0.0344. The number of nitro benzene ring substituents is 1. The summed E-state index contributed by atoms with van der Waals surface area (Å²) in [6.07, 6.45) is 1.22. The molecule has 0 amide bonds. The third-order valence-corrected chi connectivity index (χ3v) is 6.12. The van der Waals surface area contributed by atoms with Crippen molar-refractivity contribution in [1.82, 2.24) is 0 Å². The Morgan fingerprint density at radius 2 is 1.61 bits per heavy atom. The predicted octanol–water partition coefficient (Wildman–Crippen LogP) is 5.97. The van der Waals surface area contributed by atoms with Gasteiger partial charge in [0.25, 0.3) is 5.69 Å². The molecule has 0 saturated heterocycles. The topological polar surface area (TPSA) is 84.3 Å². The van der Waals surface area contributed by atoms with Crippen LogP contribution in [0, 0.1) is 15.5 Å². The van der Waals surface area contributed by atoms with Crippen LogP contribution in [0.1, 0.15) is 38.3 Å². The standard InChI is InChI=1S/C25H23N3O3/c1-25(2)13-21-23(22(29)14-25)24(15-7-9-18(10-8-15)28(30)31)27-20-12-17-6-4-3-5-16(17)11-19(20)26-21/h3-12,24,26-27H,13-14H2,1-2H3/t24-/m0/s1. The molecule has 0 spiro atoms. The number of nitrogens with one attached hydrogen (secondary N) is 2. The maximum Gasteiger partial charge on any atom is 0.269 e. The van der Waals surface area contributed by atoms with E-state index in [2.05, 4.69) is 48.7 Å². The SMILES string of the molecule is CC1(C)CC(=O)C2=C(C1)Nc1cc3ccccc3cc1N[C@H]2c1ccc([N+](=O)[O-])cc1. The van der Waals surface area contributed by atoms with Gasteiger partial charge in [-0.1, -0.05) is 38.1 Å². The fraction of sp³-hybridized carbons (Fsp3) is 0.240. The molecule has 0 radical (unpaired) electrons. The molecule has 31 heavy (non-hydrogen) atoms. The second-order valence-electron chi connectivity index (χ2n) is 9.13. The monoisotopic (exact) mass is 413 g/mol. The van der Waals surface area contributed by atoms with Crippen molar-refractivity contribution in [3.8, 4) is 0 Å². The number of rotatable bonds is 2. The smallest absolute Gasteiger partial charge is 0.269 e. The van der Waals surface area contributed by atoms with E-state index in [4.69, 9.17) is 0 Å². The number of hydrogen-bond acceptors (Lipinski definition) is 5. The lowest BCUT2D eigenvalue weighted by atomic mass is 9.73. The van der Waals surface area contributed by atoms with Crippen LogP contribution in [-0.2, 0) is 4.79 Å². The molecule has 5 rings (SSSR count). The van der Waals surface area contributed by atoms with Crippen LogP contribution in [0.5, 0.6) is 0 Å². The fourth-order valence-corrected chi connectivity index (χ4v) is 4.67. The van der Waals surface area contributed by atoms with Crippen LogP contribution in [0.3, 0.4) is 0 Å². The summed E-state index contributed by atoms with van der Waals surface area (Å²) in [5.41, 5.74) is 4.20. The molecule has 1 aliphatic carbocycles. The normalized spacial score (nSPS) is 19.7. The minimum atomic E-state index is -0.410. The molecule has 156 valence electrons. The first-order chi connectivity index (χ1) is 14.8. The van der Waals surface area contributed by atoms with Crippen molar-refractivity contribution in [3.05, 3.63) is 87.6 Å². The minimum Gasteiger partial charge on any atom is -0.372 e. The molecule has 0 saturated carbocycles. The molecule has 0 unspecified atom stereocenters. The van der Waals surface area contributed by atoms with E-state index < -0.39 is 4.92 Å². The number of non-ortho nitro benzene ring substituents is 1. The molecule has 6 heteroatoms. The van der Waals surface area contributed by atoms with Gasteiger partial charge in [0.15, 0.2) is 5.78 Å². The Morgan fingerprint density at radius 1 is 0.968 bits per heavy atom. The van der Waals surface area contributed by atoms with Crippen LogP contribution < -0.4 is 10.6 Å². The van der Waals surface area contributed by atoms with Crippen molar-refractivity contribution in [3.63, 3.8) is 0 Å². The number of anilines is 2. The molecule has 2 aliphatic rings. The molecule has 2 N–H and O–H groups in total. The van der Waals surface area contributed by atoms with Gasteiger partial charge < -0.3 is 10.6 Å². The summed E-state index contributed by atoms with van der Waals surface area (Å²) in [6, 6.07) is 18.4. The molecule has 0 fully saturated rings. The van der Waals surface area contributed by atoms with Gasteiger partial charge in [0.2, 0.25) is 0 Å². The van der Waals surface area contributed by atoms with Crippen LogP contribution in [-0.4, -0.2) is 10.7 Å². The highest BCUT2D eigenvalue weighted by atomic mass is 16.6. The maximum atomic E-state index is 13.3. The van der Waals surface area contributed by atoms with Crippen molar-refractivity contribution < 1.29 is 9.72 Å². The summed E-state index contributed by atoms with van der Waals surface area (Å²) in [7, 11) is 0. The highest BCUT2D eigenvalue weighted by molar-refractivity contribution is 6.02. The number of allylic oxidation sites excluding steroid dienone is 1. The number of hydrogen-bond donors (Lipinski definition) is 2. The lowest BCUT2D eigenvalue weighted by molar-refractivity contribution is -0.384. The first kappa shape index (κ1) is 19.3. The van der Waals surface area contributed by atoms with Gasteiger partial charge in [-0.15, -0.1) is 0 Å². The van der Waals surface area contributed by atoms with Gasteiger partial charge in [-0.25, -0.2) is 0 Å². The van der Waals surface area contributed by atoms with Crippen molar-refractivity contribution in [2.75, 3.05) is 10.6 Å². The number of ketones is 1. The number of nitrogens with zero attached hydrogens (tertiary/aromatic N) is 1. The highest BCUT2D eigenvalue weighted by Gasteiger charge is 2.38.